The van der Waals surface area contributed by atoms with Crippen LogP contribution in [0.4, 0.5) is 0 Å². The van der Waals surface area contributed by atoms with Crippen LogP contribution in [0, 0.1) is 17.4 Å². The Morgan fingerprint density at radius 1 is 1.31 bits per heavy atom. The number of nitrogens with zero attached hydrogens (tertiary/aromatic N) is 2. The highest BCUT2D eigenvalue weighted by Gasteiger charge is 2.14. The molecule has 0 fully saturated rings. The normalized spacial score (nSPS) is 10.4. The van der Waals surface area contributed by atoms with Crippen molar-refractivity contribution in [3.05, 3.63) is 50.9 Å². The third-order valence-electron chi connectivity index (χ3n) is 2.31. The first-order valence-corrected chi connectivity index (χ1v) is 6.00. The first-order chi connectivity index (χ1) is 7.59. The van der Waals surface area contributed by atoms with E-state index in [4.69, 9.17) is 0 Å². The molecule has 4 heteroatoms. The molecule has 2 rings (SSSR count). The second-order valence-corrected chi connectivity index (χ2v) is 4.79. The summed E-state index contributed by atoms with van der Waals surface area (Å²) in [6.07, 6.45) is 0. The van der Waals surface area contributed by atoms with Gasteiger partial charge >= 0.3 is 0 Å². The first-order valence-electron chi connectivity index (χ1n) is 4.92. The predicted molar refractivity (Wildman–Crippen MR) is 70.6 cm³/mol. The second kappa shape index (κ2) is 4.37. The molecule has 16 heavy (non-hydrogen) atoms. The van der Waals surface area contributed by atoms with Crippen LogP contribution in [0.2, 0.25) is 0 Å². The Labute approximate surface area is 108 Å². The number of rotatable bonds is 1. The van der Waals surface area contributed by atoms with Crippen LogP contribution >= 0.6 is 22.6 Å². The number of aryl methyl sites for hydroxylation is 2. The van der Waals surface area contributed by atoms with E-state index >= 15 is 0 Å². The molecule has 3 nitrogen and oxygen atoms in total. The summed E-state index contributed by atoms with van der Waals surface area (Å²) in [7, 11) is 0. The molecule has 1 aromatic carbocycles. The fourth-order valence-corrected chi connectivity index (χ4v) is 2.20. The van der Waals surface area contributed by atoms with E-state index in [-0.39, 0.29) is 5.91 Å². The van der Waals surface area contributed by atoms with E-state index < -0.39 is 0 Å². The zero-order chi connectivity index (χ0) is 11.7. The molecular weight excluding hydrogens is 315 g/mol. The molecule has 0 atom stereocenters. The average Bonchev–Trinajstić information content (AvgIpc) is 2.58. The van der Waals surface area contributed by atoms with Crippen LogP contribution in [-0.4, -0.2) is 15.7 Å². The van der Waals surface area contributed by atoms with Crippen molar-refractivity contribution in [2.45, 2.75) is 13.8 Å². The van der Waals surface area contributed by atoms with E-state index in [1.807, 2.05) is 44.2 Å². The molecule has 0 N–H and O–H groups in total. The van der Waals surface area contributed by atoms with Gasteiger partial charge < -0.3 is 0 Å². The van der Waals surface area contributed by atoms with Crippen LogP contribution in [0.3, 0.4) is 0 Å². The molecule has 0 amide bonds. The van der Waals surface area contributed by atoms with Gasteiger partial charge in [0.1, 0.15) is 0 Å². The number of halogens is 1. The van der Waals surface area contributed by atoms with Gasteiger partial charge in [0.25, 0.3) is 5.91 Å². The summed E-state index contributed by atoms with van der Waals surface area (Å²) in [4.78, 5) is 12.2. The lowest BCUT2D eigenvalue weighted by molar-refractivity contribution is 0.0941. The molecular formula is C12H11IN2O. The van der Waals surface area contributed by atoms with Gasteiger partial charge in [-0.2, -0.15) is 5.10 Å². The molecule has 0 saturated carbocycles. The largest absolute Gasteiger partial charge is 0.279 e. The monoisotopic (exact) mass is 326 g/mol. The van der Waals surface area contributed by atoms with E-state index in [1.54, 1.807) is 0 Å². The molecule has 0 unspecified atom stereocenters. The van der Waals surface area contributed by atoms with Gasteiger partial charge in [0, 0.05) is 9.26 Å². The van der Waals surface area contributed by atoms with E-state index in [9.17, 15) is 4.79 Å². The summed E-state index contributed by atoms with van der Waals surface area (Å²) in [5.74, 6) is -0.0735. The summed E-state index contributed by atoms with van der Waals surface area (Å²) in [6, 6.07) is 9.41. The standard InChI is InChI=1S/C12H11IN2O/c1-8-7-9(2)15(14-8)12(16)10-5-3-4-6-11(10)13/h3-7H,1-2H3. The Balaban J connectivity index is 2.47. The van der Waals surface area contributed by atoms with Crippen molar-refractivity contribution in [1.82, 2.24) is 9.78 Å². The van der Waals surface area contributed by atoms with E-state index in [0.29, 0.717) is 5.56 Å². The molecule has 82 valence electrons. The van der Waals surface area contributed by atoms with Gasteiger partial charge in [0.2, 0.25) is 0 Å². The minimum atomic E-state index is -0.0735. The van der Waals surface area contributed by atoms with Gasteiger partial charge in [-0.25, -0.2) is 4.68 Å². The highest BCUT2D eigenvalue weighted by atomic mass is 127. The van der Waals surface area contributed by atoms with Gasteiger partial charge in [-0.05, 0) is 54.6 Å². The fraction of sp³-hybridized carbons (Fsp3) is 0.167. The molecule has 0 aliphatic heterocycles. The molecule has 1 heterocycles. The summed E-state index contributed by atoms with van der Waals surface area (Å²) >= 11 is 2.16. The van der Waals surface area contributed by atoms with Gasteiger partial charge in [0.05, 0.1) is 11.3 Å². The summed E-state index contributed by atoms with van der Waals surface area (Å²) in [5, 5.41) is 4.19. The Kier molecular flexibility index (Phi) is 3.09. The van der Waals surface area contributed by atoms with Gasteiger partial charge in [-0.3, -0.25) is 4.79 Å². The number of hydrogen-bond acceptors (Lipinski definition) is 2. The highest BCUT2D eigenvalue weighted by molar-refractivity contribution is 14.1. The molecule has 0 aliphatic carbocycles. The summed E-state index contributed by atoms with van der Waals surface area (Å²) in [5.41, 5.74) is 2.41. The Hall–Kier alpha value is -1.17. The maximum Gasteiger partial charge on any atom is 0.279 e. The second-order valence-electron chi connectivity index (χ2n) is 3.62. The predicted octanol–water partition coefficient (Wildman–Crippen LogP) is 2.79. The quantitative estimate of drug-likeness (QED) is 0.756. The Bertz CT molecular complexity index is 546. The summed E-state index contributed by atoms with van der Waals surface area (Å²) in [6.45, 7) is 3.76. The minimum absolute atomic E-state index is 0.0735. The van der Waals surface area contributed by atoms with Crippen molar-refractivity contribution in [2.24, 2.45) is 0 Å². The SMILES string of the molecule is Cc1cc(C)n(C(=O)c2ccccc2I)n1. The average molecular weight is 326 g/mol. The number of benzene rings is 1. The van der Waals surface area contributed by atoms with E-state index in [0.717, 1.165) is 15.0 Å². The van der Waals surface area contributed by atoms with Crippen LogP contribution in [0.15, 0.2) is 30.3 Å². The van der Waals surface area contributed by atoms with Crippen molar-refractivity contribution >= 4 is 28.5 Å². The number of carbonyl (C=O) groups excluding carboxylic acids is 1. The Morgan fingerprint density at radius 3 is 2.56 bits per heavy atom. The summed E-state index contributed by atoms with van der Waals surface area (Å²) < 4.78 is 2.39. The van der Waals surface area contributed by atoms with Crippen LogP contribution in [0.25, 0.3) is 0 Å². The van der Waals surface area contributed by atoms with Crippen molar-refractivity contribution in [3.8, 4) is 0 Å². The smallest absolute Gasteiger partial charge is 0.267 e. The minimum Gasteiger partial charge on any atom is -0.267 e. The van der Waals surface area contributed by atoms with Crippen LogP contribution in [-0.2, 0) is 0 Å². The first kappa shape index (κ1) is 11.3. The Morgan fingerprint density at radius 2 is 2.00 bits per heavy atom. The zero-order valence-electron chi connectivity index (χ0n) is 9.07. The zero-order valence-corrected chi connectivity index (χ0v) is 11.2. The fourth-order valence-electron chi connectivity index (χ4n) is 1.58. The van der Waals surface area contributed by atoms with Crippen LogP contribution in [0.1, 0.15) is 21.7 Å². The van der Waals surface area contributed by atoms with E-state index in [2.05, 4.69) is 27.7 Å². The number of hydrogen-bond donors (Lipinski definition) is 0. The maximum absolute atomic E-state index is 12.2. The van der Waals surface area contributed by atoms with Gasteiger partial charge in [0.15, 0.2) is 0 Å². The molecule has 1 aromatic heterocycles. The number of carbonyl (C=O) groups is 1. The lowest BCUT2D eigenvalue weighted by atomic mass is 10.2. The van der Waals surface area contributed by atoms with Crippen molar-refractivity contribution in [1.29, 1.82) is 0 Å². The van der Waals surface area contributed by atoms with Crippen molar-refractivity contribution in [3.63, 3.8) is 0 Å². The van der Waals surface area contributed by atoms with Crippen molar-refractivity contribution in [2.75, 3.05) is 0 Å². The van der Waals surface area contributed by atoms with Gasteiger partial charge in [-0.15, -0.1) is 0 Å². The molecule has 0 aliphatic rings. The molecule has 0 spiro atoms. The molecule has 0 bridgehead atoms. The van der Waals surface area contributed by atoms with Crippen molar-refractivity contribution < 1.29 is 4.79 Å². The molecule has 2 aromatic rings. The van der Waals surface area contributed by atoms with Crippen LogP contribution in [0.5, 0.6) is 0 Å². The number of aromatic nitrogens is 2. The molecule has 0 saturated heterocycles. The van der Waals surface area contributed by atoms with Crippen LogP contribution < -0.4 is 0 Å². The third kappa shape index (κ3) is 2.02. The maximum atomic E-state index is 12.2. The lowest BCUT2D eigenvalue weighted by Crippen LogP contribution is -2.16. The molecule has 0 radical (unpaired) electrons. The highest BCUT2D eigenvalue weighted by Crippen LogP contribution is 2.14. The topological polar surface area (TPSA) is 34.9 Å². The van der Waals surface area contributed by atoms with Gasteiger partial charge in [-0.1, -0.05) is 12.1 Å². The lowest BCUT2D eigenvalue weighted by Gasteiger charge is -2.04. The third-order valence-corrected chi connectivity index (χ3v) is 3.25. The van der Waals surface area contributed by atoms with E-state index in [1.165, 1.54) is 4.68 Å².